The SMILES string of the molecule is C1CSC2(OO2)S1. The molecule has 2 fully saturated rings. The summed E-state index contributed by atoms with van der Waals surface area (Å²) in [5, 5.41) is 0. The number of rotatable bonds is 0. The molecule has 0 atom stereocenters. The summed E-state index contributed by atoms with van der Waals surface area (Å²) in [6, 6.07) is 0. The van der Waals surface area contributed by atoms with Crippen molar-refractivity contribution in [3.63, 3.8) is 0 Å². The van der Waals surface area contributed by atoms with Gasteiger partial charge in [0.2, 0.25) is 0 Å². The van der Waals surface area contributed by atoms with Gasteiger partial charge in [-0.05, 0) is 0 Å². The average molecular weight is 136 g/mol. The summed E-state index contributed by atoms with van der Waals surface area (Å²) in [6.45, 7) is 0. The van der Waals surface area contributed by atoms with Gasteiger partial charge < -0.3 is 0 Å². The Morgan fingerprint density at radius 1 is 1.14 bits per heavy atom. The van der Waals surface area contributed by atoms with Crippen LogP contribution < -0.4 is 0 Å². The van der Waals surface area contributed by atoms with Gasteiger partial charge in [-0.2, -0.15) is 9.78 Å². The second-order valence-electron chi connectivity index (χ2n) is 1.36. The second kappa shape index (κ2) is 1.31. The maximum absolute atomic E-state index is 4.68. The zero-order valence-corrected chi connectivity index (χ0v) is 5.18. The molecule has 2 aliphatic heterocycles. The number of hydrogen-bond acceptors (Lipinski definition) is 4. The lowest BCUT2D eigenvalue weighted by Crippen LogP contribution is -1.86. The van der Waals surface area contributed by atoms with Crippen LogP contribution in [0.5, 0.6) is 0 Å². The van der Waals surface area contributed by atoms with Gasteiger partial charge in [-0.1, -0.05) is 23.5 Å². The minimum atomic E-state index is -0.222. The van der Waals surface area contributed by atoms with Crippen molar-refractivity contribution in [3.05, 3.63) is 0 Å². The molecule has 0 saturated carbocycles. The van der Waals surface area contributed by atoms with Crippen LogP contribution in [0.2, 0.25) is 0 Å². The Bertz CT molecular complexity index is 82.9. The van der Waals surface area contributed by atoms with Crippen LogP contribution in [0, 0.1) is 0 Å². The van der Waals surface area contributed by atoms with Crippen LogP contribution in [0.3, 0.4) is 0 Å². The van der Waals surface area contributed by atoms with Crippen LogP contribution in [-0.4, -0.2) is 16.0 Å². The van der Waals surface area contributed by atoms with Crippen molar-refractivity contribution in [2.24, 2.45) is 0 Å². The molecule has 0 amide bonds. The summed E-state index contributed by atoms with van der Waals surface area (Å²) >= 11 is 3.46. The molecule has 40 valence electrons. The normalized spacial score (nSPS) is 34.3. The molecular formula is C3H4O2S2. The van der Waals surface area contributed by atoms with Crippen molar-refractivity contribution in [2.75, 3.05) is 11.5 Å². The van der Waals surface area contributed by atoms with Gasteiger partial charge in [-0.3, -0.25) is 0 Å². The van der Waals surface area contributed by atoms with Crippen molar-refractivity contribution in [2.45, 2.75) is 4.45 Å². The topological polar surface area (TPSA) is 25.1 Å². The summed E-state index contributed by atoms with van der Waals surface area (Å²) in [6.07, 6.45) is 0. The van der Waals surface area contributed by atoms with Crippen LogP contribution >= 0.6 is 23.5 Å². The van der Waals surface area contributed by atoms with Crippen molar-refractivity contribution < 1.29 is 9.78 Å². The summed E-state index contributed by atoms with van der Waals surface area (Å²) in [7, 11) is 0. The molecule has 0 aliphatic carbocycles. The lowest BCUT2D eigenvalue weighted by Gasteiger charge is -1.84. The quantitative estimate of drug-likeness (QED) is 0.367. The third-order valence-corrected chi connectivity index (χ3v) is 3.62. The van der Waals surface area contributed by atoms with E-state index >= 15 is 0 Å². The molecular weight excluding hydrogens is 132 g/mol. The van der Waals surface area contributed by atoms with Crippen LogP contribution in [0.25, 0.3) is 0 Å². The maximum atomic E-state index is 4.68. The summed E-state index contributed by atoms with van der Waals surface area (Å²) in [5.74, 6) is 2.31. The molecule has 7 heavy (non-hydrogen) atoms. The minimum absolute atomic E-state index is 0.222. The molecule has 1 spiro atoms. The van der Waals surface area contributed by atoms with E-state index < -0.39 is 0 Å². The Kier molecular flexibility index (Phi) is 0.843. The standard InChI is InChI=1S/C3H4O2S2/c1-2-7-3(6-1)4-5-3/h1-2H2. The molecule has 0 aromatic carbocycles. The van der Waals surface area contributed by atoms with E-state index in [1.807, 2.05) is 0 Å². The first kappa shape index (κ1) is 4.49. The van der Waals surface area contributed by atoms with Gasteiger partial charge in [0.15, 0.2) is 0 Å². The minimum Gasteiger partial charge on any atom is -0.170 e. The van der Waals surface area contributed by atoms with Gasteiger partial charge in [0.25, 0.3) is 0 Å². The smallest absolute Gasteiger partial charge is 0.170 e. The van der Waals surface area contributed by atoms with Crippen molar-refractivity contribution >= 4 is 23.5 Å². The van der Waals surface area contributed by atoms with E-state index in [0.29, 0.717) is 0 Å². The predicted octanol–water partition coefficient (Wildman–Crippen LogP) is 1.04. The van der Waals surface area contributed by atoms with E-state index in [0.717, 1.165) is 11.5 Å². The van der Waals surface area contributed by atoms with Gasteiger partial charge >= 0.3 is 4.45 Å². The summed E-state index contributed by atoms with van der Waals surface area (Å²) in [5.41, 5.74) is 0. The Morgan fingerprint density at radius 3 is 2.00 bits per heavy atom. The molecule has 0 aromatic rings. The molecule has 0 N–H and O–H groups in total. The van der Waals surface area contributed by atoms with E-state index in [2.05, 4.69) is 9.78 Å². The van der Waals surface area contributed by atoms with Gasteiger partial charge in [0.1, 0.15) is 0 Å². The van der Waals surface area contributed by atoms with Crippen molar-refractivity contribution in [1.29, 1.82) is 0 Å². The highest BCUT2D eigenvalue weighted by molar-refractivity contribution is 8.21. The molecule has 2 rings (SSSR count). The predicted molar refractivity (Wildman–Crippen MR) is 29.8 cm³/mol. The zero-order chi connectivity index (χ0) is 4.74. The van der Waals surface area contributed by atoms with E-state index in [9.17, 15) is 0 Å². The fraction of sp³-hybridized carbons (Fsp3) is 1.00. The van der Waals surface area contributed by atoms with E-state index in [-0.39, 0.29) is 4.45 Å². The first-order valence-electron chi connectivity index (χ1n) is 2.06. The lowest BCUT2D eigenvalue weighted by molar-refractivity contribution is 0.0850. The highest BCUT2D eigenvalue weighted by Gasteiger charge is 2.53. The van der Waals surface area contributed by atoms with Crippen molar-refractivity contribution in [1.82, 2.24) is 0 Å². The summed E-state index contributed by atoms with van der Waals surface area (Å²) in [4.78, 5) is 9.37. The van der Waals surface area contributed by atoms with Crippen LogP contribution in [0.4, 0.5) is 0 Å². The molecule has 0 radical (unpaired) electrons. The third-order valence-electron chi connectivity index (χ3n) is 0.860. The Morgan fingerprint density at radius 2 is 1.71 bits per heavy atom. The number of hydrogen-bond donors (Lipinski definition) is 0. The largest absolute Gasteiger partial charge is 0.327 e. The van der Waals surface area contributed by atoms with Crippen LogP contribution in [-0.2, 0) is 9.78 Å². The fourth-order valence-electron chi connectivity index (χ4n) is 0.505. The lowest BCUT2D eigenvalue weighted by atomic mass is 11.0. The molecule has 2 heterocycles. The molecule has 0 unspecified atom stereocenters. The Balaban J connectivity index is 2.07. The van der Waals surface area contributed by atoms with E-state index in [4.69, 9.17) is 0 Å². The maximum Gasteiger partial charge on any atom is 0.327 e. The third kappa shape index (κ3) is 0.661. The van der Waals surface area contributed by atoms with Crippen molar-refractivity contribution in [3.8, 4) is 0 Å². The summed E-state index contributed by atoms with van der Waals surface area (Å²) < 4.78 is -0.222. The first-order valence-corrected chi connectivity index (χ1v) is 4.03. The highest BCUT2D eigenvalue weighted by atomic mass is 32.2. The van der Waals surface area contributed by atoms with E-state index in [1.165, 1.54) is 0 Å². The number of thioether (sulfide) groups is 2. The van der Waals surface area contributed by atoms with Gasteiger partial charge in [0.05, 0.1) is 0 Å². The average Bonchev–Trinajstić information content (AvgIpc) is 2.15. The fourth-order valence-corrected chi connectivity index (χ4v) is 2.77. The molecule has 0 aromatic heterocycles. The molecule has 2 saturated heterocycles. The van der Waals surface area contributed by atoms with Gasteiger partial charge in [0, 0.05) is 11.5 Å². The highest BCUT2D eigenvalue weighted by Crippen LogP contribution is 2.55. The Hall–Kier alpha value is 0.620. The first-order chi connectivity index (χ1) is 3.41. The second-order valence-corrected chi connectivity index (χ2v) is 4.09. The van der Waals surface area contributed by atoms with Gasteiger partial charge in [-0.15, -0.1) is 0 Å². The van der Waals surface area contributed by atoms with Crippen LogP contribution in [0.1, 0.15) is 0 Å². The molecule has 2 nitrogen and oxygen atoms in total. The molecule has 2 aliphatic rings. The zero-order valence-electron chi connectivity index (χ0n) is 3.55. The molecule has 4 heteroatoms. The van der Waals surface area contributed by atoms with E-state index in [1.54, 1.807) is 23.5 Å². The van der Waals surface area contributed by atoms with Crippen LogP contribution in [0.15, 0.2) is 0 Å². The molecule has 0 bridgehead atoms. The van der Waals surface area contributed by atoms with Gasteiger partial charge in [-0.25, -0.2) is 0 Å². The monoisotopic (exact) mass is 136 g/mol. The Labute approximate surface area is 49.9 Å².